The first kappa shape index (κ1) is 14.8. The van der Waals surface area contributed by atoms with Crippen molar-refractivity contribution < 1.29 is 4.74 Å². The Balaban J connectivity index is 1.99. The van der Waals surface area contributed by atoms with Gasteiger partial charge in [0.15, 0.2) is 0 Å². The molecular weight excluding hydrogens is 224 g/mol. The molecule has 1 fully saturated rings. The predicted octanol–water partition coefficient (Wildman–Crippen LogP) is 4.39. The zero-order valence-electron chi connectivity index (χ0n) is 12.0. The van der Waals surface area contributed by atoms with E-state index in [9.17, 15) is 0 Å². The van der Waals surface area contributed by atoms with Crippen LogP contribution in [0.15, 0.2) is 0 Å². The molecule has 0 aromatic heterocycles. The molecule has 1 aliphatic rings. The summed E-state index contributed by atoms with van der Waals surface area (Å²) < 4.78 is 5.65. The van der Waals surface area contributed by atoms with E-state index in [1.165, 1.54) is 38.5 Å². The Hall–Kier alpha value is -0.263. The minimum atomic E-state index is -1.18. The Bertz CT molecular complexity index is 269. The zero-order chi connectivity index (χ0) is 12.7. The van der Waals surface area contributed by atoms with Gasteiger partial charge in [-0.1, -0.05) is 58.7 Å². The highest BCUT2D eigenvalue weighted by molar-refractivity contribution is 6.83. The number of ether oxygens (including phenoxy) is 1. The molecule has 2 atom stereocenters. The summed E-state index contributed by atoms with van der Waals surface area (Å²) in [7, 11) is -1.18. The summed E-state index contributed by atoms with van der Waals surface area (Å²) in [5.74, 6) is 3.31. The maximum Gasteiger partial charge on any atom is 0.129 e. The van der Waals surface area contributed by atoms with Crippen molar-refractivity contribution in [3.8, 4) is 11.5 Å². The third kappa shape index (κ3) is 7.62. The summed E-state index contributed by atoms with van der Waals surface area (Å²) in [5, 5.41) is 0. The first-order valence-electron chi connectivity index (χ1n) is 7.18. The van der Waals surface area contributed by atoms with E-state index in [-0.39, 0.29) is 0 Å². The normalized spacial score (nSPS) is 23.1. The maximum absolute atomic E-state index is 5.65. The number of unbranched alkanes of at least 4 members (excludes halogenated alkanes) is 4. The highest BCUT2D eigenvalue weighted by atomic mass is 28.3. The van der Waals surface area contributed by atoms with Crippen LogP contribution in [0.2, 0.25) is 19.6 Å². The van der Waals surface area contributed by atoms with Crippen molar-refractivity contribution in [2.24, 2.45) is 0 Å². The molecule has 0 spiro atoms. The largest absolute Gasteiger partial charge is 0.369 e. The van der Waals surface area contributed by atoms with Gasteiger partial charge in [0, 0.05) is 6.42 Å². The van der Waals surface area contributed by atoms with Crippen molar-refractivity contribution in [3.05, 3.63) is 0 Å². The number of epoxide rings is 1. The molecule has 1 aliphatic heterocycles. The van der Waals surface area contributed by atoms with Gasteiger partial charge < -0.3 is 4.74 Å². The van der Waals surface area contributed by atoms with Gasteiger partial charge >= 0.3 is 0 Å². The first-order chi connectivity index (χ1) is 8.03. The second-order valence-electron chi connectivity index (χ2n) is 6.17. The highest BCUT2D eigenvalue weighted by Crippen LogP contribution is 2.29. The predicted molar refractivity (Wildman–Crippen MR) is 77.8 cm³/mol. The number of hydrogen-bond acceptors (Lipinski definition) is 1. The van der Waals surface area contributed by atoms with Crippen LogP contribution in [0.4, 0.5) is 0 Å². The summed E-state index contributed by atoms with van der Waals surface area (Å²) >= 11 is 0. The molecule has 0 aromatic carbocycles. The van der Waals surface area contributed by atoms with E-state index in [0.717, 1.165) is 6.42 Å². The van der Waals surface area contributed by atoms with Gasteiger partial charge in [-0.15, -0.1) is 11.5 Å². The van der Waals surface area contributed by atoms with E-state index < -0.39 is 8.07 Å². The Morgan fingerprint density at radius 1 is 1.00 bits per heavy atom. The molecule has 0 N–H and O–H groups in total. The van der Waals surface area contributed by atoms with Crippen molar-refractivity contribution in [2.45, 2.75) is 83.7 Å². The number of hydrogen-bond donors (Lipinski definition) is 0. The van der Waals surface area contributed by atoms with Crippen LogP contribution in [-0.4, -0.2) is 20.3 Å². The summed E-state index contributed by atoms with van der Waals surface area (Å²) in [5.41, 5.74) is 3.41. The average Bonchev–Trinajstić information content (AvgIpc) is 2.95. The van der Waals surface area contributed by atoms with Gasteiger partial charge in [0.05, 0.1) is 12.2 Å². The minimum Gasteiger partial charge on any atom is -0.369 e. The molecule has 1 heterocycles. The van der Waals surface area contributed by atoms with Crippen LogP contribution < -0.4 is 0 Å². The summed E-state index contributed by atoms with van der Waals surface area (Å²) in [6.07, 6.45) is 10.0. The van der Waals surface area contributed by atoms with Gasteiger partial charge in [-0.05, 0) is 6.42 Å². The molecule has 17 heavy (non-hydrogen) atoms. The van der Waals surface area contributed by atoms with Crippen molar-refractivity contribution in [1.29, 1.82) is 0 Å². The lowest BCUT2D eigenvalue weighted by molar-refractivity contribution is 0.359. The summed E-state index contributed by atoms with van der Waals surface area (Å²) in [6, 6.07) is 0. The molecule has 1 rings (SSSR count). The van der Waals surface area contributed by atoms with Crippen molar-refractivity contribution in [2.75, 3.05) is 0 Å². The molecule has 1 nitrogen and oxygen atoms in total. The van der Waals surface area contributed by atoms with Crippen LogP contribution in [0.5, 0.6) is 0 Å². The minimum absolute atomic E-state index is 0.463. The van der Waals surface area contributed by atoms with E-state index in [1.807, 2.05) is 0 Å². The fraction of sp³-hybridized carbons (Fsp3) is 0.867. The average molecular weight is 252 g/mol. The van der Waals surface area contributed by atoms with Crippen molar-refractivity contribution in [1.82, 2.24) is 0 Å². The standard InChI is InChI=1S/C15H28OSi/c1-5-6-7-8-9-11-14-15(16-14)12-10-13-17(2,3)4/h14-15H,5-9,11-12H2,1-4H3/t14-,15-/m1/s1. The highest BCUT2D eigenvalue weighted by Gasteiger charge is 2.36. The van der Waals surface area contributed by atoms with Crippen LogP contribution in [0.1, 0.15) is 51.9 Å². The first-order valence-corrected chi connectivity index (χ1v) is 10.7. The second-order valence-corrected chi connectivity index (χ2v) is 10.9. The monoisotopic (exact) mass is 252 g/mol. The maximum atomic E-state index is 5.65. The fourth-order valence-electron chi connectivity index (χ4n) is 1.98. The topological polar surface area (TPSA) is 12.5 Å². The Morgan fingerprint density at radius 3 is 2.35 bits per heavy atom. The molecule has 0 aliphatic carbocycles. The van der Waals surface area contributed by atoms with Crippen LogP contribution in [0.3, 0.4) is 0 Å². The molecule has 0 radical (unpaired) electrons. The third-order valence-corrected chi connectivity index (χ3v) is 3.97. The summed E-state index contributed by atoms with van der Waals surface area (Å²) in [6.45, 7) is 9.13. The molecule has 0 saturated carbocycles. The summed E-state index contributed by atoms with van der Waals surface area (Å²) in [4.78, 5) is 0. The van der Waals surface area contributed by atoms with Crippen LogP contribution in [0, 0.1) is 11.5 Å². The molecular formula is C15H28OSi. The fourth-order valence-corrected chi connectivity index (χ4v) is 2.61. The molecule has 98 valence electrons. The molecule has 2 heteroatoms. The molecule has 0 amide bonds. The van der Waals surface area contributed by atoms with Crippen molar-refractivity contribution >= 4 is 8.07 Å². The number of rotatable bonds is 7. The quantitative estimate of drug-likeness (QED) is 0.283. The molecule has 0 bridgehead atoms. The zero-order valence-corrected chi connectivity index (χ0v) is 13.0. The Kier molecular flexibility index (Phi) is 6.30. The van der Waals surface area contributed by atoms with E-state index in [0.29, 0.717) is 12.2 Å². The smallest absolute Gasteiger partial charge is 0.129 e. The second kappa shape index (κ2) is 7.23. The lowest BCUT2D eigenvalue weighted by Crippen LogP contribution is -2.16. The van der Waals surface area contributed by atoms with E-state index in [2.05, 4.69) is 38.0 Å². The van der Waals surface area contributed by atoms with Gasteiger partial charge in [-0.2, -0.15) is 0 Å². The van der Waals surface area contributed by atoms with Crippen molar-refractivity contribution in [3.63, 3.8) is 0 Å². The van der Waals surface area contributed by atoms with Gasteiger partial charge in [-0.25, -0.2) is 0 Å². The van der Waals surface area contributed by atoms with E-state index >= 15 is 0 Å². The molecule has 0 aromatic rings. The van der Waals surface area contributed by atoms with Crippen LogP contribution in [0.25, 0.3) is 0 Å². The van der Waals surface area contributed by atoms with Gasteiger partial charge in [0.2, 0.25) is 0 Å². The van der Waals surface area contributed by atoms with Gasteiger partial charge in [-0.3, -0.25) is 0 Å². The lowest BCUT2D eigenvalue weighted by Gasteiger charge is -2.02. The van der Waals surface area contributed by atoms with Crippen LogP contribution >= 0.6 is 0 Å². The molecule has 1 saturated heterocycles. The molecule has 0 unspecified atom stereocenters. The van der Waals surface area contributed by atoms with Gasteiger partial charge in [0.1, 0.15) is 8.07 Å². The van der Waals surface area contributed by atoms with E-state index in [1.54, 1.807) is 0 Å². The van der Waals surface area contributed by atoms with Crippen LogP contribution in [-0.2, 0) is 4.74 Å². The lowest BCUT2D eigenvalue weighted by atomic mass is 10.1. The Morgan fingerprint density at radius 2 is 1.71 bits per heavy atom. The van der Waals surface area contributed by atoms with E-state index in [4.69, 9.17) is 4.74 Å². The Labute approximate surface area is 108 Å². The SMILES string of the molecule is CCCCCCC[C@H]1O[C@@H]1CC#C[Si](C)(C)C. The van der Waals surface area contributed by atoms with Gasteiger partial charge in [0.25, 0.3) is 0 Å². The third-order valence-electron chi connectivity index (χ3n) is 3.05.